The van der Waals surface area contributed by atoms with Crippen molar-refractivity contribution in [2.45, 2.75) is 19.4 Å². The molecule has 0 atom stereocenters. The van der Waals surface area contributed by atoms with Gasteiger partial charge in [0.25, 0.3) is 0 Å². The Morgan fingerprint density at radius 3 is 2.00 bits per heavy atom. The maximum Gasteiger partial charge on any atom is 0.405 e. The highest BCUT2D eigenvalue weighted by Crippen LogP contribution is 1.98. The first-order valence-electron chi connectivity index (χ1n) is 2.67. The van der Waals surface area contributed by atoms with Crippen molar-refractivity contribution in [3.8, 4) is 0 Å². The number of carbonyl (C=O) groups is 2. The van der Waals surface area contributed by atoms with Gasteiger partial charge in [-0.1, -0.05) is 0 Å². The first kappa shape index (κ1) is 8.74. The molecule has 4 N–H and O–H groups in total. The van der Waals surface area contributed by atoms with Gasteiger partial charge in [0.05, 0.1) is 0 Å². The lowest BCUT2D eigenvalue weighted by atomic mass is 10.1. The Labute approximate surface area is 58.2 Å². The standard InChI is InChI=1S/C5H10N2O3/c1-5(2,3(6)8)7-4(9)10/h7H,1-2H3,(H2,6,8)(H,9,10). The largest absolute Gasteiger partial charge is 0.465 e. The number of nitrogens with two attached hydrogens (primary N) is 1. The van der Waals surface area contributed by atoms with E-state index in [0.29, 0.717) is 0 Å². The second-order valence-corrected chi connectivity index (χ2v) is 2.42. The van der Waals surface area contributed by atoms with Crippen LogP contribution < -0.4 is 11.1 Å². The molecule has 0 saturated heterocycles. The van der Waals surface area contributed by atoms with Gasteiger partial charge in [0.15, 0.2) is 0 Å². The fraction of sp³-hybridized carbons (Fsp3) is 0.600. The zero-order valence-electron chi connectivity index (χ0n) is 5.84. The molecular formula is C5H10N2O3. The molecule has 58 valence electrons. The Balaban J connectivity index is 4.13. The Hall–Kier alpha value is -1.26. The molecule has 0 bridgehead atoms. The van der Waals surface area contributed by atoms with E-state index in [1.807, 2.05) is 5.32 Å². The topological polar surface area (TPSA) is 92.4 Å². The summed E-state index contributed by atoms with van der Waals surface area (Å²) in [6.07, 6.45) is -1.26. The molecule has 0 aliphatic heterocycles. The molecule has 0 aromatic heterocycles. The summed E-state index contributed by atoms with van der Waals surface area (Å²) in [5, 5.41) is 10.1. The van der Waals surface area contributed by atoms with Crippen LogP contribution in [0.5, 0.6) is 0 Å². The molecule has 2 amide bonds. The predicted octanol–water partition coefficient (Wildman–Crippen LogP) is -0.482. The fourth-order valence-corrected chi connectivity index (χ4v) is 0.329. The summed E-state index contributed by atoms with van der Waals surface area (Å²) in [6.45, 7) is 2.78. The van der Waals surface area contributed by atoms with Crippen LogP contribution in [0.25, 0.3) is 0 Å². The third kappa shape index (κ3) is 2.34. The van der Waals surface area contributed by atoms with Crippen LogP contribution in [0.15, 0.2) is 0 Å². The summed E-state index contributed by atoms with van der Waals surface area (Å²) >= 11 is 0. The van der Waals surface area contributed by atoms with Crippen LogP contribution in [-0.2, 0) is 4.79 Å². The minimum atomic E-state index is -1.26. The molecule has 0 heterocycles. The second-order valence-electron chi connectivity index (χ2n) is 2.42. The number of hydrogen-bond acceptors (Lipinski definition) is 2. The predicted molar refractivity (Wildman–Crippen MR) is 34.4 cm³/mol. The second kappa shape index (κ2) is 2.55. The highest BCUT2D eigenvalue weighted by atomic mass is 16.4. The molecule has 0 saturated carbocycles. The molecule has 5 heteroatoms. The monoisotopic (exact) mass is 146 g/mol. The maximum atomic E-state index is 10.5. The number of primary amides is 1. The summed E-state index contributed by atoms with van der Waals surface area (Å²) < 4.78 is 0. The Morgan fingerprint density at radius 2 is 1.90 bits per heavy atom. The van der Waals surface area contributed by atoms with Crippen molar-refractivity contribution in [1.29, 1.82) is 0 Å². The molecule has 0 spiro atoms. The van der Waals surface area contributed by atoms with Crippen molar-refractivity contribution in [3.05, 3.63) is 0 Å². The Morgan fingerprint density at radius 1 is 1.50 bits per heavy atom. The van der Waals surface area contributed by atoms with Crippen LogP contribution in [0, 0.1) is 0 Å². The summed E-state index contributed by atoms with van der Waals surface area (Å²) in [7, 11) is 0. The van der Waals surface area contributed by atoms with E-state index in [1.165, 1.54) is 13.8 Å². The van der Waals surface area contributed by atoms with Gasteiger partial charge in [-0.25, -0.2) is 4.79 Å². The minimum Gasteiger partial charge on any atom is -0.465 e. The van der Waals surface area contributed by atoms with Crippen molar-refractivity contribution >= 4 is 12.0 Å². The van der Waals surface area contributed by atoms with Gasteiger partial charge in [0.2, 0.25) is 5.91 Å². The lowest BCUT2D eigenvalue weighted by molar-refractivity contribution is -0.122. The molecule has 0 fully saturated rings. The van der Waals surface area contributed by atoms with E-state index in [1.54, 1.807) is 0 Å². The molecular weight excluding hydrogens is 136 g/mol. The maximum absolute atomic E-state index is 10.5. The quantitative estimate of drug-likeness (QED) is 0.491. The normalized spacial score (nSPS) is 10.6. The van der Waals surface area contributed by atoms with Gasteiger partial charge in [0.1, 0.15) is 5.54 Å². The third-order valence-electron chi connectivity index (χ3n) is 1.04. The molecule has 0 radical (unpaired) electrons. The molecule has 0 unspecified atom stereocenters. The van der Waals surface area contributed by atoms with E-state index in [4.69, 9.17) is 10.8 Å². The van der Waals surface area contributed by atoms with E-state index >= 15 is 0 Å². The van der Waals surface area contributed by atoms with Crippen molar-refractivity contribution in [3.63, 3.8) is 0 Å². The smallest absolute Gasteiger partial charge is 0.405 e. The van der Waals surface area contributed by atoms with E-state index < -0.39 is 17.5 Å². The van der Waals surface area contributed by atoms with Crippen LogP contribution >= 0.6 is 0 Å². The summed E-state index contributed by atoms with van der Waals surface area (Å²) in [5.41, 5.74) is 3.67. The van der Waals surface area contributed by atoms with Crippen molar-refractivity contribution in [2.75, 3.05) is 0 Å². The van der Waals surface area contributed by atoms with Gasteiger partial charge in [-0.05, 0) is 13.8 Å². The minimum absolute atomic E-state index is 0.699. The molecule has 5 nitrogen and oxygen atoms in total. The van der Waals surface area contributed by atoms with Gasteiger partial charge in [-0.2, -0.15) is 0 Å². The summed E-state index contributed by atoms with van der Waals surface area (Å²) in [4.78, 5) is 20.5. The Kier molecular flexibility index (Phi) is 2.23. The van der Waals surface area contributed by atoms with Crippen molar-refractivity contribution in [1.82, 2.24) is 5.32 Å². The van der Waals surface area contributed by atoms with Crippen molar-refractivity contribution < 1.29 is 14.7 Å². The number of hydrogen-bond donors (Lipinski definition) is 3. The number of rotatable bonds is 2. The SMILES string of the molecule is CC(C)(NC(=O)O)C(N)=O. The van der Waals surface area contributed by atoms with Gasteiger partial charge >= 0.3 is 6.09 Å². The lowest BCUT2D eigenvalue weighted by Gasteiger charge is -2.19. The zero-order valence-corrected chi connectivity index (χ0v) is 5.84. The van der Waals surface area contributed by atoms with E-state index in [0.717, 1.165) is 0 Å². The number of nitrogens with one attached hydrogen (secondary N) is 1. The highest BCUT2D eigenvalue weighted by molar-refractivity contribution is 5.87. The van der Waals surface area contributed by atoms with Crippen molar-refractivity contribution in [2.24, 2.45) is 5.73 Å². The van der Waals surface area contributed by atoms with Crippen LogP contribution in [0.4, 0.5) is 4.79 Å². The van der Waals surface area contributed by atoms with E-state index in [-0.39, 0.29) is 0 Å². The van der Waals surface area contributed by atoms with Crippen LogP contribution in [-0.4, -0.2) is 22.6 Å². The number of amides is 2. The first-order chi connectivity index (χ1) is 4.36. The molecule has 0 aromatic rings. The molecule has 0 aliphatic carbocycles. The van der Waals surface area contributed by atoms with Gasteiger partial charge < -0.3 is 16.2 Å². The third-order valence-corrected chi connectivity index (χ3v) is 1.04. The average molecular weight is 146 g/mol. The van der Waals surface area contributed by atoms with Crippen LogP contribution in [0.2, 0.25) is 0 Å². The van der Waals surface area contributed by atoms with E-state index in [9.17, 15) is 9.59 Å². The fourth-order valence-electron chi connectivity index (χ4n) is 0.329. The lowest BCUT2D eigenvalue weighted by Crippen LogP contribution is -2.52. The van der Waals surface area contributed by atoms with Gasteiger partial charge in [-0.3, -0.25) is 4.79 Å². The molecule has 10 heavy (non-hydrogen) atoms. The molecule has 0 aliphatic rings. The zero-order chi connectivity index (χ0) is 8.36. The van der Waals surface area contributed by atoms with Crippen LogP contribution in [0.3, 0.4) is 0 Å². The van der Waals surface area contributed by atoms with E-state index in [2.05, 4.69) is 0 Å². The first-order valence-corrected chi connectivity index (χ1v) is 2.67. The van der Waals surface area contributed by atoms with Gasteiger partial charge in [-0.15, -0.1) is 0 Å². The van der Waals surface area contributed by atoms with Crippen LogP contribution in [0.1, 0.15) is 13.8 Å². The average Bonchev–Trinajstić information content (AvgIpc) is 1.60. The summed E-state index contributed by atoms with van der Waals surface area (Å²) in [6, 6.07) is 0. The molecule has 0 rings (SSSR count). The van der Waals surface area contributed by atoms with Gasteiger partial charge in [0, 0.05) is 0 Å². The number of carboxylic acid groups (broad SMARTS) is 1. The highest BCUT2D eigenvalue weighted by Gasteiger charge is 2.26. The summed E-state index contributed by atoms with van der Waals surface area (Å²) in [5.74, 6) is -0.699. The molecule has 0 aromatic carbocycles. The Bertz CT molecular complexity index is 164. The number of carbonyl (C=O) groups excluding carboxylic acids is 1.